The Morgan fingerprint density at radius 2 is 1.94 bits per heavy atom. The summed E-state index contributed by atoms with van der Waals surface area (Å²) < 4.78 is 1.74. The molecule has 3 fully saturated rings. The van der Waals surface area contributed by atoms with Crippen LogP contribution in [0.4, 0.5) is 0 Å². The van der Waals surface area contributed by atoms with Crippen LogP contribution in [0.5, 0.6) is 5.75 Å². The van der Waals surface area contributed by atoms with Gasteiger partial charge in [0.05, 0.1) is 11.8 Å². The van der Waals surface area contributed by atoms with Gasteiger partial charge in [0, 0.05) is 37.3 Å². The molecule has 1 amide bonds. The number of rotatable bonds is 5. The van der Waals surface area contributed by atoms with E-state index in [9.17, 15) is 15.0 Å². The van der Waals surface area contributed by atoms with E-state index in [0.717, 1.165) is 49.4 Å². The molecule has 1 saturated carbocycles. The Labute approximate surface area is 207 Å². The number of benzene rings is 1. The molecule has 0 unspecified atom stereocenters. The number of fused-ring (bicyclic) bond motifs is 1. The minimum atomic E-state index is -0.910. The second kappa shape index (κ2) is 8.34. The second-order valence-corrected chi connectivity index (χ2v) is 11.8. The molecule has 2 aliphatic carbocycles. The monoisotopic (exact) mass is 478 g/mol. The van der Waals surface area contributed by atoms with E-state index in [-0.39, 0.29) is 24.2 Å². The summed E-state index contributed by atoms with van der Waals surface area (Å²) in [5.41, 5.74) is 2.14. The Morgan fingerprint density at radius 3 is 2.69 bits per heavy atom. The van der Waals surface area contributed by atoms with E-state index in [2.05, 4.69) is 29.9 Å². The number of aromatic nitrogens is 2. The number of phenols is 1. The topological polar surface area (TPSA) is 81.8 Å². The number of phenolic OH excluding ortho intramolecular Hbond substituents is 1. The first-order chi connectivity index (χ1) is 16.8. The summed E-state index contributed by atoms with van der Waals surface area (Å²) in [6.45, 7) is 7.68. The summed E-state index contributed by atoms with van der Waals surface area (Å²) in [6.07, 6.45) is 9.36. The standard InChI is InChI=1S/C28H38N4O3/c1-19(2)22-15-29-32(17-22)18-26(34)30-10-7-27-8-11-31(16-20-3-4-20)25(28(27,35)9-12-30)13-21-5-6-23(33)14-24(21)27/h5-6,14-15,17,19-20,25,33,35H,3-4,7-13,16,18H2,1-2H3/t25-,27+,28-/m1/s1. The van der Waals surface area contributed by atoms with Crippen LogP contribution in [0.15, 0.2) is 30.6 Å². The fourth-order valence-electron chi connectivity index (χ4n) is 7.12. The van der Waals surface area contributed by atoms with Gasteiger partial charge < -0.3 is 15.1 Å². The number of hydrogen-bond acceptors (Lipinski definition) is 5. The van der Waals surface area contributed by atoms with Crippen LogP contribution in [-0.2, 0) is 23.2 Å². The van der Waals surface area contributed by atoms with Crippen molar-refractivity contribution in [2.24, 2.45) is 5.92 Å². The highest BCUT2D eigenvalue weighted by molar-refractivity contribution is 5.76. The van der Waals surface area contributed by atoms with E-state index in [1.807, 2.05) is 23.4 Å². The predicted octanol–water partition coefficient (Wildman–Crippen LogP) is 3.04. The first-order valence-electron chi connectivity index (χ1n) is 13.4. The van der Waals surface area contributed by atoms with Crippen LogP contribution in [0.1, 0.15) is 68.6 Å². The molecule has 188 valence electrons. The molecule has 1 aromatic carbocycles. The van der Waals surface area contributed by atoms with Crippen molar-refractivity contribution in [2.75, 3.05) is 26.2 Å². The number of hydrogen-bond donors (Lipinski definition) is 2. The Balaban J connectivity index is 1.30. The van der Waals surface area contributed by atoms with Gasteiger partial charge in [-0.05, 0) is 85.7 Å². The summed E-state index contributed by atoms with van der Waals surface area (Å²) in [7, 11) is 0. The number of carbonyl (C=O) groups is 1. The molecule has 2 aromatic rings. The Hall–Kier alpha value is -2.38. The zero-order chi connectivity index (χ0) is 24.4. The number of likely N-dealkylation sites (tertiary alicyclic amines) is 2. The molecule has 2 aliphatic heterocycles. The molecule has 35 heavy (non-hydrogen) atoms. The fourth-order valence-corrected chi connectivity index (χ4v) is 7.12. The van der Waals surface area contributed by atoms with Gasteiger partial charge >= 0.3 is 0 Å². The largest absolute Gasteiger partial charge is 0.508 e. The Bertz CT molecular complexity index is 1130. The lowest BCUT2D eigenvalue weighted by Gasteiger charge is -2.61. The lowest BCUT2D eigenvalue weighted by atomic mass is 9.52. The van der Waals surface area contributed by atoms with Crippen LogP contribution in [0.3, 0.4) is 0 Å². The molecule has 1 aromatic heterocycles. The van der Waals surface area contributed by atoms with E-state index >= 15 is 0 Å². The van der Waals surface area contributed by atoms with Crippen molar-refractivity contribution in [3.05, 3.63) is 47.3 Å². The molecule has 2 bridgehead atoms. The zero-order valence-electron chi connectivity index (χ0n) is 21.0. The predicted molar refractivity (Wildman–Crippen MR) is 133 cm³/mol. The van der Waals surface area contributed by atoms with Crippen LogP contribution in [-0.4, -0.2) is 73.5 Å². The van der Waals surface area contributed by atoms with Gasteiger partial charge in [-0.2, -0.15) is 5.10 Å². The quantitative estimate of drug-likeness (QED) is 0.690. The zero-order valence-corrected chi connectivity index (χ0v) is 21.0. The number of carbonyl (C=O) groups excluding carboxylic acids is 1. The molecular weight excluding hydrogens is 440 g/mol. The Kier molecular flexibility index (Phi) is 5.49. The molecule has 7 nitrogen and oxygen atoms in total. The molecular formula is C28H38N4O3. The molecule has 3 atom stereocenters. The van der Waals surface area contributed by atoms with Crippen molar-refractivity contribution in [3.63, 3.8) is 0 Å². The normalized spacial score (nSPS) is 30.6. The van der Waals surface area contributed by atoms with Gasteiger partial charge in [-0.15, -0.1) is 0 Å². The van der Waals surface area contributed by atoms with Gasteiger partial charge in [0.15, 0.2) is 0 Å². The molecule has 7 heteroatoms. The molecule has 6 rings (SSSR count). The van der Waals surface area contributed by atoms with Crippen molar-refractivity contribution in [2.45, 2.75) is 81.9 Å². The minimum absolute atomic E-state index is 0.0579. The van der Waals surface area contributed by atoms with E-state index in [1.54, 1.807) is 10.7 Å². The number of piperidine rings is 1. The van der Waals surface area contributed by atoms with Gasteiger partial charge in [0.25, 0.3) is 0 Å². The van der Waals surface area contributed by atoms with E-state index in [1.165, 1.54) is 18.4 Å². The molecule has 3 heterocycles. The molecule has 0 spiro atoms. The van der Waals surface area contributed by atoms with Gasteiger partial charge in [-0.25, -0.2) is 0 Å². The van der Waals surface area contributed by atoms with Crippen LogP contribution in [0.25, 0.3) is 0 Å². The third-order valence-electron chi connectivity index (χ3n) is 9.40. The lowest BCUT2D eigenvalue weighted by Crippen LogP contribution is -2.71. The third kappa shape index (κ3) is 3.78. The number of nitrogens with zero attached hydrogens (tertiary/aromatic N) is 4. The van der Waals surface area contributed by atoms with Gasteiger partial charge in [0.1, 0.15) is 12.3 Å². The van der Waals surface area contributed by atoms with Crippen LogP contribution in [0.2, 0.25) is 0 Å². The summed E-state index contributed by atoms with van der Waals surface area (Å²) >= 11 is 0. The fraction of sp³-hybridized carbons (Fsp3) is 0.643. The van der Waals surface area contributed by atoms with Crippen molar-refractivity contribution in [3.8, 4) is 5.75 Å². The van der Waals surface area contributed by atoms with Crippen molar-refractivity contribution in [1.29, 1.82) is 0 Å². The van der Waals surface area contributed by atoms with Gasteiger partial charge in [0.2, 0.25) is 5.91 Å². The van der Waals surface area contributed by atoms with Gasteiger partial charge in [-0.3, -0.25) is 14.4 Å². The van der Waals surface area contributed by atoms with Crippen LogP contribution >= 0.6 is 0 Å². The van der Waals surface area contributed by atoms with E-state index < -0.39 is 11.0 Å². The first-order valence-corrected chi connectivity index (χ1v) is 13.4. The highest BCUT2D eigenvalue weighted by Gasteiger charge is 2.63. The highest BCUT2D eigenvalue weighted by atomic mass is 16.3. The third-order valence-corrected chi connectivity index (χ3v) is 9.40. The summed E-state index contributed by atoms with van der Waals surface area (Å²) in [5.74, 6) is 1.46. The summed E-state index contributed by atoms with van der Waals surface area (Å²) in [5, 5.41) is 27.3. The summed E-state index contributed by atoms with van der Waals surface area (Å²) in [6, 6.07) is 5.78. The summed E-state index contributed by atoms with van der Waals surface area (Å²) in [4.78, 5) is 17.8. The average Bonchev–Trinajstić information content (AvgIpc) is 3.55. The maximum absolute atomic E-state index is 13.4. The van der Waals surface area contributed by atoms with Gasteiger partial charge in [-0.1, -0.05) is 19.9 Å². The maximum Gasteiger partial charge on any atom is 0.244 e. The van der Waals surface area contributed by atoms with Crippen molar-refractivity contribution in [1.82, 2.24) is 19.6 Å². The van der Waals surface area contributed by atoms with Crippen LogP contribution in [0, 0.1) is 5.92 Å². The highest BCUT2D eigenvalue weighted by Crippen LogP contribution is 2.56. The molecule has 4 aliphatic rings. The minimum Gasteiger partial charge on any atom is -0.508 e. The van der Waals surface area contributed by atoms with Crippen molar-refractivity contribution < 1.29 is 15.0 Å². The second-order valence-electron chi connectivity index (χ2n) is 11.8. The number of amides is 1. The maximum atomic E-state index is 13.4. The molecule has 2 N–H and O–H groups in total. The number of aromatic hydroxyl groups is 1. The van der Waals surface area contributed by atoms with Crippen molar-refractivity contribution >= 4 is 5.91 Å². The number of aliphatic hydroxyl groups is 1. The first kappa shape index (κ1) is 23.0. The van der Waals surface area contributed by atoms with E-state index in [4.69, 9.17) is 0 Å². The smallest absolute Gasteiger partial charge is 0.244 e. The van der Waals surface area contributed by atoms with Crippen LogP contribution < -0.4 is 0 Å². The lowest BCUT2D eigenvalue weighted by molar-refractivity contribution is -0.149. The SMILES string of the molecule is CC(C)c1cnn(CC(=O)N2CC[C@]34CCN(CC5CC5)[C@H](Cc5ccc(O)cc53)[C@]4(O)CC2)c1. The molecule has 2 saturated heterocycles. The Morgan fingerprint density at radius 1 is 1.17 bits per heavy atom. The molecule has 0 radical (unpaired) electrons. The van der Waals surface area contributed by atoms with E-state index in [0.29, 0.717) is 25.4 Å². The average molecular weight is 479 g/mol.